The van der Waals surface area contributed by atoms with Crippen LogP contribution in [-0.2, 0) is 0 Å². The van der Waals surface area contributed by atoms with Gasteiger partial charge in [0.2, 0.25) is 0 Å². The van der Waals surface area contributed by atoms with Gasteiger partial charge in [0, 0.05) is 5.56 Å². The van der Waals surface area contributed by atoms with Crippen LogP contribution in [0.3, 0.4) is 0 Å². The van der Waals surface area contributed by atoms with E-state index in [1.54, 1.807) is 0 Å². The number of halogens is 2. The number of phenolic OH excluding ortho intramolecular Hbond substituents is 1. The van der Waals surface area contributed by atoms with E-state index in [0.717, 1.165) is 6.07 Å². The Morgan fingerprint density at radius 2 is 2.12 bits per heavy atom. The zero-order valence-corrected chi connectivity index (χ0v) is 8.78. The lowest BCUT2D eigenvalue weighted by molar-refractivity contribution is -0.386. The molecule has 1 aromatic rings. The highest BCUT2D eigenvalue weighted by atomic mass is 35.5. The molecule has 0 heterocycles. The Kier molecular flexibility index (Phi) is 5.09. The fourth-order valence-corrected chi connectivity index (χ4v) is 1.13. The van der Waals surface area contributed by atoms with Gasteiger partial charge in [-0.1, -0.05) is 0 Å². The zero-order chi connectivity index (χ0) is 11.6. The molecule has 0 radical (unpaired) electrons. The highest BCUT2D eigenvalue weighted by Gasteiger charge is 2.22. The van der Waals surface area contributed by atoms with E-state index in [9.17, 15) is 19.6 Å². The summed E-state index contributed by atoms with van der Waals surface area (Å²) in [5, 5.41) is 28.5. The molecule has 0 amide bonds. The maximum Gasteiger partial charge on any atom is 0.313 e. The number of aliphatic hydroxyl groups excluding tert-OH is 1. The lowest BCUT2D eigenvalue weighted by Crippen LogP contribution is -2.15. The molecule has 0 spiro atoms. The van der Waals surface area contributed by atoms with Gasteiger partial charge in [-0.2, -0.15) is 0 Å². The molecular weight excluding hydrogens is 243 g/mol. The molecule has 0 aromatic heterocycles. The second-order valence-corrected chi connectivity index (χ2v) is 2.91. The maximum atomic E-state index is 12.9. The molecule has 0 unspecified atom stereocenters. The third kappa shape index (κ3) is 2.78. The first kappa shape index (κ1) is 14.6. The van der Waals surface area contributed by atoms with Crippen LogP contribution in [0.2, 0.25) is 0 Å². The van der Waals surface area contributed by atoms with Crippen molar-refractivity contribution in [2.24, 2.45) is 5.73 Å². The van der Waals surface area contributed by atoms with E-state index in [2.05, 4.69) is 0 Å². The van der Waals surface area contributed by atoms with Crippen molar-refractivity contribution >= 4 is 18.1 Å². The lowest BCUT2D eigenvalue weighted by Gasteiger charge is -2.10. The lowest BCUT2D eigenvalue weighted by atomic mass is 10.1. The van der Waals surface area contributed by atoms with Crippen molar-refractivity contribution in [2.45, 2.75) is 6.04 Å². The summed E-state index contributed by atoms with van der Waals surface area (Å²) in [7, 11) is 0. The second-order valence-electron chi connectivity index (χ2n) is 2.91. The summed E-state index contributed by atoms with van der Waals surface area (Å²) in [6.07, 6.45) is 0. The number of rotatable bonds is 3. The molecule has 1 rings (SSSR count). The standard InChI is InChI=1S/C8H9FN2O4.ClH/c9-4-1-5(6(10)3-12)8(13)7(2-4)11(14)15;/h1-2,6,12-13H,3,10H2;1H/t6-;/m0./s1. The van der Waals surface area contributed by atoms with E-state index in [1.165, 1.54) is 0 Å². The van der Waals surface area contributed by atoms with Crippen LogP contribution in [0.15, 0.2) is 12.1 Å². The molecule has 0 saturated carbocycles. The molecule has 6 nitrogen and oxygen atoms in total. The van der Waals surface area contributed by atoms with Gasteiger partial charge in [-0.3, -0.25) is 10.1 Å². The number of aromatic hydroxyl groups is 1. The third-order valence-corrected chi connectivity index (χ3v) is 1.88. The number of phenols is 1. The smallest absolute Gasteiger partial charge is 0.313 e. The summed E-state index contributed by atoms with van der Waals surface area (Å²) in [5.74, 6) is -1.61. The summed E-state index contributed by atoms with van der Waals surface area (Å²) in [5.41, 5.74) is 4.37. The zero-order valence-electron chi connectivity index (χ0n) is 7.96. The van der Waals surface area contributed by atoms with Crippen LogP contribution < -0.4 is 5.73 Å². The predicted octanol–water partition coefficient (Wildman–Crippen LogP) is 0.853. The van der Waals surface area contributed by atoms with Crippen LogP contribution in [0, 0.1) is 15.9 Å². The molecule has 90 valence electrons. The molecule has 8 heteroatoms. The average molecular weight is 253 g/mol. The van der Waals surface area contributed by atoms with Gasteiger partial charge in [0.1, 0.15) is 5.82 Å². The van der Waals surface area contributed by atoms with Crippen LogP contribution >= 0.6 is 12.4 Å². The van der Waals surface area contributed by atoms with E-state index in [0.29, 0.717) is 6.07 Å². The van der Waals surface area contributed by atoms with Crippen molar-refractivity contribution in [1.29, 1.82) is 0 Å². The molecule has 0 saturated heterocycles. The molecule has 4 N–H and O–H groups in total. The summed E-state index contributed by atoms with van der Waals surface area (Å²) >= 11 is 0. The van der Waals surface area contributed by atoms with E-state index < -0.39 is 34.8 Å². The minimum absolute atomic E-state index is 0. The summed E-state index contributed by atoms with van der Waals surface area (Å²) in [6.45, 7) is -0.547. The number of aliphatic hydroxyl groups is 1. The Morgan fingerprint density at radius 3 is 2.56 bits per heavy atom. The monoisotopic (exact) mass is 252 g/mol. The molecule has 1 atom stereocenters. The van der Waals surface area contributed by atoms with Gasteiger partial charge < -0.3 is 15.9 Å². The van der Waals surface area contributed by atoms with Gasteiger partial charge in [0.15, 0.2) is 5.75 Å². The molecule has 0 aliphatic carbocycles. The molecule has 1 aromatic carbocycles. The number of nitro groups is 1. The van der Waals surface area contributed by atoms with E-state index in [1.807, 2.05) is 0 Å². The number of nitro benzene ring substituents is 1. The van der Waals surface area contributed by atoms with Crippen LogP contribution in [0.25, 0.3) is 0 Å². The topological polar surface area (TPSA) is 110 Å². The maximum absolute atomic E-state index is 12.9. The number of hydrogen-bond donors (Lipinski definition) is 3. The number of hydrogen-bond acceptors (Lipinski definition) is 5. The molecular formula is C8H10ClFN2O4. The highest BCUT2D eigenvalue weighted by molar-refractivity contribution is 5.85. The Labute approximate surface area is 96.1 Å². The summed E-state index contributed by atoms with van der Waals surface area (Å²) in [4.78, 5) is 9.49. The minimum Gasteiger partial charge on any atom is -0.502 e. The molecule has 0 aliphatic heterocycles. The third-order valence-electron chi connectivity index (χ3n) is 1.88. The second kappa shape index (κ2) is 5.59. The van der Waals surface area contributed by atoms with Crippen molar-refractivity contribution in [3.8, 4) is 5.75 Å². The first-order valence-corrected chi connectivity index (χ1v) is 4.00. The molecule has 0 bridgehead atoms. The normalized spacial score (nSPS) is 11.7. The van der Waals surface area contributed by atoms with Crippen molar-refractivity contribution in [3.05, 3.63) is 33.6 Å². The molecule has 16 heavy (non-hydrogen) atoms. The fraction of sp³-hybridized carbons (Fsp3) is 0.250. The van der Waals surface area contributed by atoms with Crippen LogP contribution in [-0.4, -0.2) is 21.7 Å². The Hall–Kier alpha value is -1.44. The first-order valence-electron chi connectivity index (χ1n) is 4.00. The van der Waals surface area contributed by atoms with Crippen LogP contribution in [0.1, 0.15) is 11.6 Å². The van der Waals surface area contributed by atoms with Gasteiger partial charge >= 0.3 is 5.69 Å². The van der Waals surface area contributed by atoms with Crippen molar-refractivity contribution in [1.82, 2.24) is 0 Å². The Balaban J connectivity index is 0.00000225. The van der Waals surface area contributed by atoms with Gasteiger partial charge in [-0.05, 0) is 6.07 Å². The molecule has 0 fully saturated rings. The van der Waals surface area contributed by atoms with E-state index in [-0.39, 0.29) is 18.0 Å². The van der Waals surface area contributed by atoms with E-state index >= 15 is 0 Å². The first-order chi connectivity index (χ1) is 6.97. The minimum atomic E-state index is -1.06. The Bertz CT molecular complexity index is 402. The van der Waals surface area contributed by atoms with Gasteiger partial charge in [-0.15, -0.1) is 12.4 Å². The van der Waals surface area contributed by atoms with Gasteiger partial charge in [0.05, 0.1) is 23.6 Å². The van der Waals surface area contributed by atoms with E-state index in [4.69, 9.17) is 10.8 Å². The fourth-order valence-electron chi connectivity index (χ4n) is 1.13. The average Bonchev–Trinajstić information content (AvgIpc) is 2.19. The predicted molar refractivity (Wildman–Crippen MR) is 56.0 cm³/mol. The molecule has 0 aliphatic rings. The van der Waals surface area contributed by atoms with Gasteiger partial charge in [-0.25, -0.2) is 4.39 Å². The van der Waals surface area contributed by atoms with Crippen molar-refractivity contribution < 1.29 is 19.5 Å². The van der Waals surface area contributed by atoms with Gasteiger partial charge in [0.25, 0.3) is 0 Å². The quantitative estimate of drug-likeness (QED) is 0.546. The van der Waals surface area contributed by atoms with Crippen LogP contribution in [0.4, 0.5) is 10.1 Å². The van der Waals surface area contributed by atoms with Crippen molar-refractivity contribution in [3.63, 3.8) is 0 Å². The highest BCUT2D eigenvalue weighted by Crippen LogP contribution is 2.33. The summed E-state index contributed by atoms with van der Waals surface area (Å²) in [6, 6.07) is 0.381. The number of benzene rings is 1. The number of nitrogens with two attached hydrogens (primary N) is 1. The Morgan fingerprint density at radius 1 is 1.56 bits per heavy atom. The number of nitrogens with zero attached hydrogens (tertiary/aromatic N) is 1. The van der Waals surface area contributed by atoms with Crippen molar-refractivity contribution in [2.75, 3.05) is 6.61 Å². The SMILES string of the molecule is Cl.N[C@@H](CO)c1cc(F)cc([N+](=O)[O-])c1O. The summed E-state index contributed by atoms with van der Waals surface area (Å²) < 4.78 is 12.9. The van der Waals surface area contributed by atoms with Crippen LogP contribution in [0.5, 0.6) is 5.75 Å². The largest absolute Gasteiger partial charge is 0.502 e.